The van der Waals surface area contributed by atoms with Crippen molar-refractivity contribution in [3.05, 3.63) is 0 Å². The van der Waals surface area contributed by atoms with Crippen molar-refractivity contribution in [1.82, 2.24) is 5.32 Å². The Labute approximate surface area is 117 Å². The third-order valence-electron chi connectivity index (χ3n) is 4.96. The van der Waals surface area contributed by atoms with Gasteiger partial charge in [0.15, 0.2) is 0 Å². The number of ether oxygens (including phenoxy) is 1. The Kier molecular flexibility index (Phi) is 5.68. The summed E-state index contributed by atoms with van der Waals surface area (Å²) in [4.78, 5) is 12.2. The van der Waals surface area contributed by atoms with Crippen molar-refractivity contribution in [2.45, 2.75) is 77.4 Å². The second kappa shape index (κ2) is 7.28. The van der Waals surface area contributed by atoms with E-state index in [4.69, 9.17) is 4.74 Å². The van der Waals surface area contributed by atoms with Crippen molar-refractivity contribution in [1.29, 1.82) is 0 Å². The second-order valence-electron chi connectivity index (χ2n) is 6.20. The van der Waals surface area contributed by atoms with Gasteiger partial charge in [0.05, 0.1) is 6.10 Å². The molecule has 3 nitrogen and oxygen atoms in total. The predicted octanol–water partition coefficient (Wildman–Crippen LogP) is 3.28. The van der Waals surface area contributed by atoms with Crippen LogP contribution < -0.4 is 5.32 Å². The molecular formula is C16H29NO2. The van der Waals surface area contributed by atoms with E-state index < -0.39 is 0 Å². The van der Waals surface area contributed by atoms with Crippen LogP contribution >= 0.6 is 0 Å². The maximum Gasteiger partial charge on any atom is 0.223 e. The second-order valence-corrected chi connectivity index (χ2v) is 6.20. The summed E-state index contributed by atoms with van der Waals surface area (Å²) >= 11 is 0. The maximum absolute atomic E-state index is 12.2. The molecule has 0 aromatic heterocycles. The van der Waals surface area contributed by atoms with Crippen LogP contribution in [0.5, 0.6) is 0 Å². The first kappa shape index (κ1) is 14.8. The topological polar surface area (TPSA) is 38.3 Å². The highest BCUT2D eigenvalue weighted by Gasteiger charge is 2.30. The average molecular weight is 267 g/mol. The Morgan fingerprint density at radius 1 is 1.21 bits per heavy atom. The van der Waals surface area contributed by atoms with E-state index in [0.29, 0.717) is 24.0 Å². The number of amides is 1. The van der Waals surface area contributed by atoms with Gasteiger partial charge in [-0.05, 0) is 31.6 Å². The van der Waals surface area contributed by atoms with Crippen molar-refractivity contribution >= 4 is 5.91 Å². The molecular weight excluding hydrogens is 238 g/mol. The monoisotopic (exact) mass is 267 g/mol. The average Bonchev–Trinajstić information content (AvgIpc) is 2.94. The van der Waals surface area contributed by atoms with Crippen LogP contribution in [-0.4, -0.2) is 24.7 Å². The highest BCUT2D eigenvalue weighted by atomic mass is 16.5. The molecule has 1 N–H and O–H groups in total. The summed E-state index contributed by atoms with van der Waals surface area (Å²) in [5, 5.41) is 3.27. The molecule has 1 heterocycles. The highest BCUT2D eigenvalue weighted by Crippen LogP contribution is 2.27. The largest absolute Gasteiger partial charge is 0.378 e. The van der Waals surface area contributed by atoms with Gasteiger partial charge >= 0.3 is 0 Å². The van der Waals surface area contributed by atoms with E-state index in [1.807, 2.05) is 0 Å². The lowest BCUT2D eigenvalue weighted by Crippen LogP contribution is -2.45. The van der Waals surface area contributed by atoms with Crippen LogP contribution in [0.15, 0.2) is 0 Å². The first-order valence-corrected chi connectivity index (χ1v) is 8.16. The van der Waals surface area contributed by atoms with Gasteiger partial charge in [-0.25, -0.2) is 0 Å². The van der Waals surface area contributed by atoms with Gasteiger partial charge in [0.2, 0.25) is 5.91 Å². The Bertz CT molecular complexity index is 282. The van der Waals surface area contributed by atoms with Crippen molar-refractivity contribution in [3.8, 4) is 0 Å². The number of nitrogens with one attached hydrogen (secondary N) is 1. The predicted molar refractivity (Wildman–Crippen MR) is 76.9 cm³/mol. The zero-order valence-electron chi connectivity index (χ0n) is 12.5. The quantitative estimate of drug-likeness (QED) is 0.830. The van der Waals surface area contributed by atoms with Crippen LogP contribution in [0.3, 0.4) is 0 Å². The van der Waals surface area contributed by atoms with E-state index in [1.165, 1.54) is 25.7 Å². The first-order valence-electron chi connectivity index (χ1n) is 8.16. The highest BCUT2D eigenvalue weighted by molar-refractivity contribution is 5.79. The Morgan fingerprint density at radius 3 is 2.53 bits per heavy atom. The molecule has 0 unspecified atom stereocenters. The summed E-state index contributed by atoms with van der Waals surface area (Å²) in [5.41, 5.74) is 0. The molecule has 1 aliphatic carbocycles. The molecule has 2 rings (SSSR count). The van der Waals surface area contributed by atoms with Gasteiger partial charge in [0, 0.05) is 18.6 Å². The third kappa shape index (κ3) is 3.95. The summed E-state index contributed by atoms with van der Waals surface area (Å²) in [6, 6.07) is 0.340. The third-order valence-corrected chi connectivity index (χ3v) is 4.96. The molecule has 0 aromatic carbocycles. The molecule has 0 aromatic rings. The van der Waals surface area contributed by atoms with E-state index in [9.17, 15) is 4.79 Å². The number of hydrogen-bond acceptors (Lipinski definition) is 2. The number of carbonyl (C=O) groups is 1. The van der Waals surface area contributed by atoms with E-state index in [2.05, 4.69) is 19.2 Å². The number of rotatable bonds is 5. The smallest absolute Gasteiger partial charge is 0.223 e. The van der Waals surface area contributed by atoms with E-state index in [-0.39, 0.29) is 5.92 Å². The van der Waals surface area contributed by atoms with Crippen LogP contribution in [-0.2, 0) is 9.53 Å². The molecule has 19 heavy (non-hydrogen) atoms. The first-order chi connectivity index (χ1) is 9.24. The van der Waals surface area contributed by atoms with E-state index >= 15 is 0 Å². The van der Waals surface area contributed by atoms with Gasteiger partial charge < -0.3 is 10.1 Å². The molecule has 1 aliphatic heterocycles. The molecule has 0 bridgehead atoms. The SMILES string of the molecule is CCC(CC)[C@H]1C[C@@H](NC(=O)C2CCCC2)CCO1. The zero-order valence-corrected chi connectivity index (χ0v) is 12.5. The van der Waals surface area contributed by atoms with Crippen molar-refractivity contribution in [2.75, 3.05) is 6.61 Å². The fraction of sp³-hybridized carbons (Fsp3) is 0.938. The van der Waals surface area contributed by atoms with E-state index in [1.54, 1.807) is 0 Å². The fourth-order valence-electron chi connectivity index (χ4n) is 3.61. The van der Waals surface area contributed by atoms with Crippen molar-refractivity contribution in [3.63, 3.8) is 0 Å². The number of carbonyl (C=O) groups excluding carboxylic acids is 1. The Balaban J connectivity index is 1.81. The molecule has 1 amide bonds. The minimum Gasteiger partial charge on any atom is -0.378 e. The van der Waals surface area contributed by atoms with Gasteiger partial charge in [-0.3, -0.25) is 4.79 Å². The van der Waals surface area contributed by atoms with Crippen LogP contribution in [0.2, 0.25) is 0 Å². The van der Waals surface area contributed by atoms with Crippen molar-refractivity contribution in [2.24, 2.45) is 11.8 Å². The molecule has 0 spiro atoms. The molecule has 110 valence electrons. The molecule has 2 aliphatic rings. The summed E-state index contributed by atoms with van der Waals surface area (Å²) in [7, 11) is 0. The summed E-state index contributed by atoms with van der Waals surface area (Å²) in [6.07, 6.45) is 9.30. The van der Waals surface area contributed by atoms with Crippen LogP contribution in [0.25, 0.3) is 0 Å². The summed E-state index contributed by atoms with van der Waals surface area (Å²) in [5.74, 6) is 1.23. The normalized spacial score (nSPS) is 28.8. The Morgan fingerprint density at radius 2 is 1.89 bits per heavy atom. The van der Waals surface area contributed by atoms with Crippen molar-refractivity contribution < 1.29 is 9.53 Å². The zero-order chi connectivity index (χ0) is 13.7. The van der Waals surface area contributed by atoms with Gasteiger partial charge in [-0.2, -0.15) is 0 Å². The minimum absolute atomic E-state index is 0.287. The maximum atomic E-state index is 12.2. The van der Waals surface area contributed by atoms with Crippen LogP contribution in [0.4, 0.5) is 0 Å². The van der Waals surface area contributed by atoms with Gasteiger partial charge in [0.25, 0.3) is 0 Å². The summed E-state index contributed by atoms with van der Waals surface area (Å²) < 4.78 is 5.91. The molecule has 1 saturated heterocycles. The molecule has 2 fully saturated rings. The molecule has 1 saturated carbocycles. The minimum atomic E-state index is 0.287. The van der Waals surface area contributed by atoms with Gasteiger partial charge in [-0.15, -0.1) is 0 Å². The Hall–Kier alpha value is -0.570. The molecule has 2 atom stereocenters. The van der Waals surface area contributed by atoms with Gasteiger partial charge in [0.1, 0.15) is 0 Å². The van der Waals surface area contributed by atoms with E-state index in [0.717, 1.165) is 32.3 Å². The standard InChI is InChI=1S/C16H29NO2/c1-3-12(4-2)15-11-14(9-10-19-15)17-16(18)13-7-5-6-8-13/h12-15H,3-11H2,1-2H3,(H,17,18)/t14-,15+/m0/s1. The molecule has 0 radical (unpaired) electrons. The lowest BCUT2D eigenvalue weighted by atomic mass is 9.89. The van der Waals surface area contributed by atoms with Crippen LogP contribution in [0, 0.1) is 11.8 Å². The number of hydrogen-bond donors (Lipinski definition) is 1. The van der Waals surface area contributed by atoms with Gasteiger partial charge in [-0.1, -0.05) is 39.5 Å². The lowest BCUT2D eigenvalue weighted by Gasteiger charge is -2.34. The lowest BCUT2D eigenvalue weighted by molar-refractivity contribution is -0.127. The summed E-state index contributed by atoms with van der Waals surface area (Å²) in [6.45, 7) is 5.27. The van der Waals surface area contributed by atoms with Crippen LogP contribution in [0.1, 0.15) is 65.2 Å². The molecule has 3 heteroatoms. The fourth-order valence-corrected chi connectivity index (χ4v) is 3.61.